The summed E-state index contributed by atoms with van der Waals surface area (Å²) in [7, 11) is 0. The second-order valence-corrected chi connectivity index (χ2v) is 6.89. The van der Waals surface area contributed by atoms with Gasteiger partial charge in [0, 0.05) is 5.56 Å². The zero-order valence-electron chi connectivity index (χ0n) is 17.2. The van der Waals surface area contributed by atoms with Crippen LogP contribution in [-0.2, 0) is 6.42 Å². The zero-order chi connectivity index (χ0) is 22.4. The molecule has 0 aromatic heterocycles. The van der Waals surface area contributed by atoms with E-state index in [1.807, 2.05) is 37.3 Å². The highest BCUT2D eigenvalue weighted by Gasteiger charge is 2.37. The number of benzene rings is 2. The fourth-order valence-corrected chi connectivity index (χ4v) is 3.40. The molecule has 7 heteroatoms. The summed E-state index contributed by atoms with van der Waals surface area (Å²) in [6.45, 7) is 5.91. The number of hydrazone groups is 1. The van der Waals surface area contributed by atoms with Gasteiger partial charge in [0.25, 0.3) is 0 Å². The Balaban J connectivity index is 2.07. The van der Waals surface area contributed by atoms with Gasteiger partial charge in [-0.3, -0.25) is 0 Å². The Kier molecular flexibility index (Phi) is 6.71. The zero-order valence-corrected chi connectivity index (χ0v) is 17.2. The summed E-state index contributed by atoms with van der Waals surface area (Å²) in [5.74, 6) is -0.414. The summed E-state index contributed by atoms with van der Waals surface area (Å²) in [5.41, 5.74) is 8.80. The van der Waals surface area contributed by atoms with Gasteiger partial charge < -0.3 is 15.6 Å². The number of hydrogen-bond acceptors (Lipinski definition) is 7. The average Bonchev–Trinajstić information content (AvgIpc) is 3.12. The number of para-hydroxylation sites is 1. The predicted octanol–water partition coefficient (Wildman–Crippen LogP) is 3.73. The first-order valence-electron chi connectivity index (χ1n) is 9.83. The van der Waals surface area contributed by atoms with Gasteiger partial charge >= 0.3 is 0 Å². The van der Waals surface area contributed by atoms with Gasteiger partial charge in [-0.2, -0.15) is 15.6 Å². The lowest BCUT2D eigenvalue weighted by molar-refractivity contribution is 0.317. The van der Waals surface area contributed by atoms with Crippen molar-refractivity contribution in [3.63, 3.8) is 0 Å². The van der Waals surface area contributed by atoms with E-state index < -0.39 is 12.1 Å². The number of phenolic OH excluding ortho intramolecular Hbond substituents is 1. The molecule has 0 amide bonds. The lowest BCUT2D eigenvalue weighted by atomic mass is 9.95. The molecule has 1 aliphatic rings. The second-order valence-electron chi connectivity index (χ2n) is 6.89. The SMILES string of the molecule is C=CCc1cc(/C=C(/C#N)C2=NN(c3ccccc3)[C@H](N)[C@@H]2C#N)cc(OCC)c1O. The maximum absolute atomic E-state index is 10.4. The molecule has 156 valence electrons. The van der Waals surface area contributed by atoms with Crippen molar-refractivity contribution in [3.8, 4) is 23.6 Å². The van der Waals surface area contributed by atoms with Gasteiger partial charge in [-0.15, -0.1) is 6.58 Å². The number of phenols is 1. The van der Waals surface area contributed by atoms with Crippen molar-refractivity contribution in [2.75, 3.05) is 11.6 Å². The van der Waals surface area contributed by atoms with Crippen LogP contribution in [0.3, 0.4) is 0 Å². The van der Waals surface area contributed by atoms with Crippen LogP contribution >= 0.6 is 0 Å². The number of aromatic hydroxyl groups is 1. The summed E-state index contributed by atoms with van der Waals surface area (Å²) < 4.78 is 5.53. The molecule has 31 heavy (non-hydrogen) atoms. The number of nitrogens with zero attached hydrogens (tertiary/aromatic N) is 4. The first-order valence-corrected chi connectivity index (χ1v) is 9.83. The third kappa shape index (κ3) is 4.42. The minimum absolute atomic E-state index is 0.0443. The van der Waals surface area contributed by atoms with Crippen LogP contribution in [-0.4, -0.2) is 23.6 Å². The van der Waals surface area contributed by atoms with Gasteiger partial charge in [-0.25, -0.2) is 5.01 Å². The van der Waals surface area contributed by atoms with Crippen molar-refractivity contribution in [2.24, 2.45) is 16.8 Å². The van der Waals surface area contributed by atoms with Crippen LogP contribution in [0.25, 0.3) is 6.08 Å². The molecule has 3 rings (SSSR count). The molecule has 7 nitrogen and oxygen atoms in total. The van der Waals surface area contributed by atoms with Crippen LogP contribution in [0.4, 0.5) is 5.69 Å². The van der Waals surface area contributed by atoms with Crippen LogP contribution in [0, 0.1) is 28.6 Å². The molecule has 0 spiro atoms. The molecular formula is C24H23N5O2. The number of anilines is 1. The highest BCUT2D eigenvalue weighted by atomic mass is 16.5. The van der Waals surface area contributed by atoms with Gasteiger partial charge in [-0.05, 0) is 49.2 Å². The standard InChI is InChI=1S/C24H23N5O2/c1-3-8-17-11-16(13-21(23(17)30)31-4-2)12-18(14-25)22-20(15-26)24(27)29(28-22)19-9-6-5-7-10-19/h3,5-7,9-13,20,24,30H,1,4,8,27H2,2H3/b18-12-/t20-,24+/m1/s1. The largest absolute Gasteiger partial charge is 0.504 e. The lowest BCUT2D eigenvalue weighted by Crippen LogP contribution is -2.40. The van der Waals surface area contributed by atoms with Crippen molar-refractivity contribution in [2.45, 2.75) is 19.5 Å². The van der Waals surface area contributed by atoms with Gasteiger partial charge in [0.05, 0.1) is 29.6 Å². The monoisotopic (exact) mass is 413 g/mol. The van der Waals surface area contributed by atoms with E-state index in [4.69, 9.17) is 10.5 Å². The molecule has 2 atom stereocenters. The minimum Gasteiger partial charge on any atom is -0.504 e. The van der Waals surface area contributed by atoms with Crippen molar-refractivity contribution in [1.82, 2.24) is 0 Å². The smallest absolute Gasteiger partial charge is 0.161 e. The van der Waals surface area contributed by atoms with Crippen LogP contribution in [0.2, 0.25) is 0 Å². The minimum atomic E-state index is -0.776. The van der Waals surface area contributed by atoms with Gasteiger partial charge in [0.15, 0.2) is 11.5 Å². The van der Waals surface area contributed by atoms with Crippen LogP contribution in [0.5, 0.6) is 11.5 Å². The summed E-state index contributed by atoms with van der Waals surface area (Å²) in [4.78, 5) is 0. The van der Waals surface area contributed by atoms with E-state index in [1.165, 1.54) is 0 Å². The molecule has 0 saturated carbocycles. The van der Waals surface area contributed by atoms with Gasteiger partial charge in [0.1, 0.15) is 18.2 Å². The molecule has 0 fully saturated rings. The van der Waals surface area contributed by atoms with E-state index in [1.54, 1.807) is 29.3 Å². The number of nitriles is 2. The second kappa shape index (κ2) is 9.62. The van der Waals surface area contributed by atoms with E-state index in [0.29, 0.717) is 35.6 Å². The number of ether oxygens (including phenoxy) is 1. The molecule has 2 aromatic carbocycles. The summed E-state index contributed by atoms with van der Waals surface area (Å²) in [6.07, 6.45) is 3.02. The molecular weight excluding hydrogens is 390 g/mol. The number of nitrogens with two attached hydrogens (primary N) is 1. The molecule has 2 aromatic rings. The fourth-order valence-electron chi connectivity index (χ4n) is 3.40. The van der Waals surface area contributed by atoms with E-state index >= 15 is 0 Å². The van der Waals surface area contributed by atoms with E-state index in [-0.39, 0.29) is 11.3 Å². The summed E-state index contributed by atoms with van der Waals surface area (Å²) >= 11 is 0. The maximum atomic E-state index is 10.4. The Hall–Kier alpha value is -4.07. The molecule has 1 aliphatic heterocycles. The molecule has 0 saturated heterocycles. The first-order chi connectivity index (χ1) is 15.0. The highest BCUT2D eigenvalue weighted by molar-refractivity contribution is 6.11. The molecule has 0 radical (unpaired) electrons. The molecule has 3 N–H and O–H groups in total. The average molecular weight is 413 g/mol. The predicted molar refractivity (Wildman–Crippen MR) is 120 cm³/mol. The number of hydrogen-bond donors (Lipinski definition) is 2. The summed E-state index contributed by atoms with van der Waals surface area (Å²) in [6, 6.07) is 17.0. The number of rotatable bonds is 7. The Morgan fingerprint density at radius 1 is 1.32 bits per heavy atom. The summed E-state index contributed by atoms with van der Waals surface area (Å²) in [5, 5.41) is 36.0. The normalized spacial score (nSPS) is 18.1. The number of allylic oxidation sites excluding steroid dienone is 2. The third-order valence-corrected chi connectivity index (χ3v) is 4.84. The fraction of sp³-hybridized carbons (Fsp3) is 0.208. The highest BCUT2D eigenvalue weighted by Crippen LogP contribution is 2.34. The quantitative estimate of drug-likeness (QED) is 0.527. The Morgan fingerprint density at radius 3 is 2.68 bits per heavy atom. The van der Waals surface area contributed by atoms with Crippen LogP contribution < -0.4 is 15.5 Å². The van der Waals surface area contributed by atoms with E-state index in [9.17, 15) is 15.6 Å². The molecule has 1 heterocycles. The molecule has 0 aliphatic carbocycles. The van der Waals surface area contributed by atoms with Crippen molar-refractivity contribution in [1.29, 1.82) is 10.5 Å². The third-order valence-electron chi connectivity index (χ3n) is 4.84. The van der Waals surface area contributed by atoms with Crippen molar-refractivity contribution < 1.29 is 9.84 Å². The Bertz CT molecular complexity index is 1110. The van der Waals surface area contributed by atoms with Crippen LogP contribution in [0.1, 0.15) is 18.1 Å². The lowest BCUT2D eigenvalue weighted by Gasteiger charge is -2.21. The van der Waals surface area contributed by atoms with Crippen LogP contribution in [0.15, 0.2) is 65.8 Å². The maximum Gasteiger partial charge on any atom is 0.161 e. The first kappa shape index (κ1) is 21.6. The van der Waals surface area contributed by atoms with Gasteiger partial charge in [-0.1, -0.05) is 24.3 Å². The van der Waals surface area contributed by atoms with Crippen molar-refractivity contribution in [3.05, 3.63) is 71.8 Å². The van der Waals surface area contributed by atoms with E-state index in [2.05, 4.69) is 23.8 Å². The Morgan fingerprint density at radius 2 is 2.06 bits per heavy atom. The molecule has 0 unspecified atom stereocenters. The van der Waals surface area contributed by atoms with Crippen molar-refractivity contribution >= 4 is 17.5 Å². The Labute approximate surface area is 181 Å². The topological polar surface area (TPSA) is 119 Å². The van der Waals surface area contributed by atoms with Gasteiger partial charge in [0.2, 0.25) is 0 Å². The van der Waals surface area contributed by atoms with E-state index in [0.717, 1.165) is 5.69 Å². The molecule has 0 bridgehead atoms.